The average molecular weight is 260 g/mol. The summed E-state index contributed by atoms with van der Waals surface area (Å²) in [5.41, 5.74) is 0.897. The zero-order valence-electron chi connectivity index (χ0n) is 10.9. The maximum Gasteiger partial charge on any atom is 0.414 e. The number of nitrogens with zero attached hydrogens (tertiary/aromatic N) is 1. The van der Waals surface area contributed by atoms with Gasteiger partial charge in [-0.05, 0) is 12.1 Å². The standard InChI is InChI=1S/C14H16N2O3/c1-16-9-5-8-13(16)19-14(17)15-10-11-6-3-4-7-12(11)18-2/h3-9H,10H2,1-2H3,(H,15,17). The molecule has 1 aromatic heterocycles. The molecule has 19 heavy (non-hydrogen) atoms. The molecule has 2 rings (SSSR count). The molecule has 100 valence electrons. The van der Waals surface area contributed by atoms with Crippen molar-refractivity contribution in [1.29, 1.82) is 0 Å². The van der Waals surface area contributed by atoms with Crippen LogP contribution in [0.25, 0.3) is 0 Å². The van der Waals surface area contributed by atoms with Crippen molar-refractivity contribution in [3.63, 3.8) is 0 Å². The third-order valence-electron chi connectivity index (χ3n) is 2.71. The van der Waals surface area contributed by atoms with E-state index in [9.17, 15) is 4.79 Å². The summed E-state index contributed by atoms with van der Waals surface area (Å²) in [4.78, 5) is 11.6. The van der Waals surface area contributed by atoms with Crippen LogP contribution in [0.3, 0.4) is 0 Å². The molecule has 5 nitrogen and oxygen atoms in total. The number of ether oxygens (including phenoxy) is 2. The second kappa shape index (κ2) is 5.95. The Morgan fingerprint density at radius 2 is 2.05 bits per heavy atom. The monoisotopic (exact) mass is 260 g/mol. The largest absolute Gasteiger partial charge is 0.496 e. The Balaban J connectivity index is 1.92. The molecule has 0 radical (unpaired) electrons. The van der Waals surface area contributed by atoms with Gasteiger partial charge in [-0.3, -0.25) is 0 Å². The molecule has 1 N–H and O–H groups in total. The van der Waals surface area contributed by atoms with Gasteiger partial charge in [-0.15, -0.1) is 0 Å². The van der Waals surface area contributed by atoms with Crippen LogP contribution >= 0.6 is 0 Å². The lowest BCUT2D eigenvalue weighted by Crippen LogP contribution is -2.27. The fraction of sp³-hybridized carbons (Fsp3) is 0.214. The van der Waals surface area contributed by atoms with Crippen molar-refractivity contribution in [1.82, 2.24) is 9.88 Å². The lowest BCUT2D eigenvalue weighted by Gasteiger charge is -2.10. The molecule has 2 aromatic rings. The molecule has 1 heterocycles. The molecule has 0 fully saturated rings. The molecule has 0 saturated carbocycles. The minimum absolute atomic E-state index is 0.354. The first-order valence-corrected chi connectivity index (χ1v) is 5.89. The Morgan fingerprint density at radius 3 is 2.74 bits per heavy atom. The number of carbonyl (C=O) groups excluding carboxylic acids is 1. The number of hydrogen-bond acceptors (Lipinski definition) is 3. The normalized spacial score (nSPS) is 10.0. The van der Waals surface area contributed by atoms with Crippen molar-refractivity contribution in [2.24, 2.45) is 7.05 Å². The summed E-state index contributed by atoms with van der Waals surface area (Å²) in [6, 6.07) is 11.0. The fourth-order valence-corrected chi connectivity index (χ4v) is 1.70. The average Bonchev–Trinajstić information content (AvgIpc) is 2.82. The summed E-state index contributed by atoms with van der Waals surface area (Å²) >= 11 is 0. The molecule has 0 bridgehead atoms. The van der Waals surface area contributed by atoms with Crippen LogP contribution < -0.4 is 14.8 Å². The van der Waals surface area contributed by atoms with Gasteiger partial charge in [0.2, 0.25) is 5.88 Å². The molecule has 0 spiro atoms. The van der Waals surface area contributed by atoms with Crippen molar-refractivity contribution in [2.75, 3.05) is 7.11 Å². The highest BCUT2D eigenvalue weighted by Crippen LogP contribution is 2.17. The third kappa shape index (κ3) is 3.28. The highest BCUT2D eigenvalue weighted by molar-refractivity contribution is 5.70. The van der Waals surface area contributed by atoms with Crippen molar-refractivity contribution in [3.05, 3.63) is 48.2 Å². The fourth-order valence-electron chi connectivity index (χ4n) is 1.70. The molecule has 0 aliphatic rings. The Hall–Kier alpha value is -2.43. The molecule has 1 amide bonds. The van der Waals surface area contributed by atoms with E-state index >= 15 is 0 Å². The molecular weight excluding hydrogens is 244 g/mol. The molecule has 5 heteroatoms. The molecule has 0 aliphatic heterocycles. The van der Waals surface area contributed by atoms with Crippen LogP contribution in [-0.4, -0.2) is 17.8 Å². The van der Waals surface area contributed by atoms with E-state index in [0.717, 1.165) is 11.3 Å². The molecular formula is C14H16N2O3. The number of para-hydroxylation sites is 1. The van der Waals surface area contributed by atoms with Gasteiger partial charge >= 0.3 is 6.09 Å². The number of aromatic nitrogens is 1. The van der Waals surface area contributed by atoms with Gasteiger partial charge in [0.1, 0.15) is 5.75 Å². The van der Waals surface area contributed by atoms with Gasteiger partial charge in [0.05, 0.1) is 7.11 Å². The Labute approximate surface area is 111 Å². The summed E-state index contributed by atoms with van der Waals surface area (Å²) in [7, 11) is 3.41. The highest BCUT2D eigenvalue weighted by atomic mass is 16.6. The van der Waals surface area contributed by atoms with E-state index < -0.39 is 6.09 Å². The minimum atomic E-state index is -0.493. The van der Waals surface area contributed by atoms with Crippen LogP contribution in [0.5, 0.6) is 11.6 Å². The van der Waals surface area contributed by atoms with Crippen LogP contribution in [0, 0.1) is 0 Å². The van der Waals surface area contributed by atoms with Gasteiger partial charge < -0.3 is 19.4 Å². The molecule has 1 aromatic carbocycles. The SMILES string of the molecule is COc1ccccc1CNC(=O)Oc1cccn1C. The van der Waals surface area contributed by atoms with Crippen LogP contribution in [-0.2, 0) is 13.6 Å². The molecule has 0 atom stereocenters. The maximum absolute atomic E-state index is 11.6. The van der Waals surface area contributed by atoms with Crippen LogP contribution in [0.2, 0.25) is 0 Å². The van der Waals surface area contributed by atoms with Gasteiger partial charge in [0.25, 0.3) is 0 Å². The number of hydrogen-bond donors (Lipinski definition) is 1. The molecule has 0 saturated heterocycles. The zero-order chi connectivity index (χ0) is 13.7. The van der Waals surface area contributed by atoms with E-state index in [1.807, 2.05) is 43.6 Å². The first-order chi connectivity index (χ1) is 9.20. The van der Waals surface area contributed by atoms with Gasteiger partial charge in [-0.2, -0.15) is 0 Å². The summed E-state index contributed by atoms with van der Waals surface area (Å²) in [6.45, 7) is 0.354. The van der Waals surface area contributed by atoms with E-state index in [0.29, 0.717) is 12.4 Å². The molecule has 0 aliphatic carbocycles. The summed E-state index contributed by atoms with van der Waals surface area (Å²) < 4.78 is 12.1. The summed E-state index contributed by atoms with van der Waals surface area (Å²) in [5, 5.41) is 2.68. The number of aryl methyl sites for hydroxylation is 1. The number of rotatable bonds is 4. The quantitative estimate of drug-likeness (QED) is 0.917. The van der Waals surface area contributed by atoms with Crippen molar-refractivity contribution < 1.29 is 14.3 Å². The van der Waals surface area contributed by atoms with Crippen molar-refractivity contribution >= 4 is 6.09 Å². The summed E-state index contributed by atoms with van der Waals surface area (Å²) in [6.07, 6.45) is 1.32. The lowest BCUT2D eigenvalue weighted by atomic mass is 10.2. The lowest BCUT2D eigenvalue weighted by molar-refractivity contribution is 0.196. The number of carbonyl (C=O) groups is 1. The first kappa shape index (κ1) is 13.0. The van der Waals surface area contributed by atoms with Crippen molar-refractivity contribution in [2.45, 2.75) is 6.54 Å². The first-order valence-electron chi connectivity index (χ1n) is 5.89. The van der Waals surface area contributed by atoms with Gasteiger partial charge in [-0.25, -0.2) is 4.79 Å². The Morgan fingerprint density at radius 1 is 1.26 bits per heavy atom. The smallest absolute Gasteiger partial charge is 0.414 e. The van der Waals surface area contributed by atoms with E-state index in [2.05, 4.69) is 5.32 Å². The van der Waals surface area contributed by atoms with Gasteiger partial charge in [0, 0.05) is 31.4 Å². The van der Waals surface area contributed by atoms with Crippen LogP contribution in [0.1, 0.15) is 5.56 Å². The van der Waals surface area contributed by atoms with Crippen LogP contribution in [0.4, 0.5) is 4.79 Å². The number of nitrogens with one attached hydrogen (secondary N) is 1. The summed E-state index contributed by atoms with van der Waals surface area (Å²) in [5.74, 6) is 1.24. The van der Waals surface area contributed by atoms with E-state index in [1.165, 1.54) is 0 Å². The molecule has 0 unspecified atom stereocenters. The van der Waals surface area contributed by atoms with Crippen LogP contribution in [0.15, 0.2) is 42.6 Å². The van der Waals surface area contributed by atoms with Crippen molar-refractivity contribution in [3.8, 4) is 11.6 Å². The predicted octanol–water partition coefficient (Wildman–Crippen LogP) is 2.32. The minimum Gasteiger partial charge on any atom is -0.496 e. The number of methoxy groups -OCH3 is 1. The highest BCUT2D eigenvalue weighted by Gasteiger charge is 2.08. The number of benzene rings is 1. The predicted molar refractivity (Wildman–Crippen MR) is 71.3 cm³/mol. The second-order valence-corrected chi connectivity index (χ2v) is 4.01. The van der Waals surface area contributed by atoms with E-state index in [1.54, 1.807) is 17.7 Å². The topological polar surface area (TPSA) is 52.5 Å². The Kier molecular flexibility index (Phi) is 4.07. The Bertz CT molecular complexity index is 563. The van der Waals surface area contributed by atoms with E-state index in [4.69, 9.17) is 9.47 Å². The second-order valence-electron chi connectivity index (χ2n) is 4.01. The van der Waals surface area contributed by atoms with E-state index in [-0.39, 0.29) is 0 Å². The maximum atomic E-state index is 11.6. The van der Waals surface area contributed by atoms with Gasteiger partial charge in [-0.1, -0.05) is 18.2 Å². The third-order valence-corrected chi connectivity index (χ3v) is 2.71. The van der Waals surface area contributed by atoms with Gasteiger partial charge in [0.15, 0.2) is 0 Å². The zero-order valence-corrected chi connectivity index (χ0v) is 10.9. The number of amides is 1.